The summed E-state index contributed by atoms with van der Waals surface area (Å²) < 4.78 is 0. The second kappa shape index (κ2) is 4.27. The molecule has 74 valence electrons. The maximum absolute atomic E-state index is 11.0. The van der Waals surface area contributed by atoms with E-state index in [1.165, 1.54) is 6.07 Å². The normalized spacial score (nSPS) is 9.43. The standard InChI is InChI=1S/C9H10N2O3/c1-2-3-6-4-7(13)11-9(14)8(6)10-5-12/h2,4-5H,1,3H2,(H,10,12)(H2,11,13,14). The van der Waals surface area contributed by atoms with Crippen molar-refractivity contribution in [1.82, 2.24) is 4.98 Å². The third kappa shape index (κ3) is 2.01. The summed E-state index contributed by atoms with van der Waals surface area (Å²) in [5, 5.41) is 11.6. The lowest BCUT2D eigenvalue weighted by atomic mass is 10.1. The second-order valence-corrected chi connectivity index (χ2v) is 2.64. The number of nitrogens with one attached hydrogen (secondary N) is 2. The van der Waals surface area contributed by atoms with Gasteiger partial charge in [0.2, 0.25) is 12.3 Å². The third-order valence-corrected chi connectivity index (χ3v) is 1.67. The predicted octanol–water partition coefficient (Wildman–Crippen LogP) is 0.377. The van der Waals surface area contributed by atoms with Crippen LogP contribution in [0.5, 0.6) is 5.88 Å². The van der Waals surface area contributed by atoms with Crippen molar-refractivity contribution < 1.29 is 9.90 Å². The van der Waals surface area contributed by atoms with Gasteiger partial charge in [-0.15, -0.1) is 6.58 Å². The summed E-state index contributed by atoms with van der Waals surface area (Å²) in [4.78, 5) is 23.4. The van der Waals surface area contributed by atoms with Gasteiger partial charge in [-0.2, -0.15) is 0 Å². The van der Waals surface area contributed by atoms with E-state index in [0.29, 0.717) is 18.4 Å². The lowest BCUT2D eigenvalue weighted by molar-refractivity contribution is -0.105. The molecule has 1 heterocycles. The molecule has 0 bridgehead atoms. The van der Waals surface area contributed by atoms with Crippen molar-refractivity contribution >= 4 is 12.1 Å². The van der Waals surface area contributed by atoms with Crippen molar-refractivity contribution in [3.8, 4) is 5.88 Å². The number of hydrogen-bond donors (Lipinski definition) is 3. The molecule has 0 aliphatic heterocycles. The number of aromatic amines is 1. The van der Waals surface area contributed by atoms with E-state index in [-0.39, 0.29) is 11.6 Å². The number of hydrogen-bond acceptors (Lipinski definition) is 3. The molecule has 0 saturated heterocycles. The molecule has 1 aromatic rings. The number of aromatic nitrogens is 1. The minimum Gasteiger partial charge on any atom is -0.493 e. The molecule has 0 radical (unpaired) electrons. The van der Waals surface area contributed by atoms with Gasteiger partial charge in [-0.05, 0) is 12.0 Å². The van der Waals surface area contributed by atoms with Gasteiger partial charge in [0.25, 0.3) is 5.56 Å². The van der Waals surface area contributed by atoms with Gasteiger partial charge in [-0.1, -0.05) is 6.08 Å². The Morgan fingerprint density at radius 3 is 2.93 bits per heavy atom. The molecule has 1 rings (SSSR count). The van der Waals surface area contributed by atoms with Crippen LogP contribution in [0.25, 0.3) is 0 Å². The quantitative estimate of drug-likeness (QED) is 0.478. The number of amides is 1. The first kappa shape index (κ1) is 10.0. The number of anilines is 1. The number of aromatic hydroxyl groups is 1. The Morgan fingerprint density at radius 1 is 1.64 bits per heavy atom. The average molecular weight is 194 g/mol. The summed E-state index contributed by atoms with van der Waals surface area (Å²) in [5.41, 5.74) is 0.309. The molecule has 0 aliphatic carbocycles. The van der Waals surface area contributed by atoms with Gasteiger partial charge in [0.15, 0.2) is 0 Å². The van der Waals surface area contributed by atoms with Crippen molar-refractivity contribution in [3.63, 3.8) is 0 Å². The van der Waals surface area contributed by atoms with Crippen molar-refractivity contribution in [2.75, 3.05) is 5.32 Å². The summed E-state index contributed by atoms with van der Waals surface area (Å²) in [6.45, 7) is 3.51. The Bertz CT molecular complexity index is 409. The Kier molecular flexibility index (Phi) is 3.06. The van der Waals surface area contributed by atoms with Crippen molar-refractivity contribution in [2.45, 2.75) is 6.42 Å². The molecule has 0 aromatic carbocycles. The minimum atomic E-state index is -0.421. The highest BCUT2D eigenvalue weighted by atomic mass is 16.3. The van der Waals surface area contributed by atoms with Crippen LogP contribution in [0, 0.1) is 0 Å². The van der Waals surface area contributed by atoms with Crippen LogP contribution < -0.4 is 10.9 Å². The lowest BCUT2D eigenvalue weighted by Crippen LogP contribution is -2.09. The number of rotatable bonds is 4. The average Bonchev–Trinajstić information content (AvgIpc) is 2.11. The molecule has 1 aromatic heterocycles. The number of carbonyl (C=O) groups is 1. The van der Waals surface area contributed by atoms with Crippen molar-refractivity contribution in [3.05, 3.63) is 34.6 Å². The zero-order valence-corrected chi connectivity index (χ0v) is 7.41. The van der Waals surface area contributed by atoms with Gasteiger partial charge in [0.05, 0.1) is 0 Å². The largest absolute Gasteiger partial charge is 0.493 e. The van der Waals surface area contributed by atoms with E-state index < -0.39 is 5.56 Å². The highest BCUT2D eigenvalue weighted by Gasteiger charge is 2.07. The molecule has 0 fully saturated rings. The maximum Gasteiger partial charge on any atom is 0.251 e. The second-order valence-electron chi connectivity index (χ2n) is 2.64. The number of allylic oxidation sites excluding steroid dienone is 1. The first-order valence-electron chi connectivity index (χ1n) is 3.95. The van der Waals surface area contributed by atoms with Gasteiger partial charge in [0.1, 0.15) is 5.69 Å². The minimum absolute atomic E-state index is 0.208. The van der Waals surface area contributed by atoms with Crippen LogP contribution in [0.15, 0.2) is 23.5 Å². The van der Waals surface area contributed by atoms with E-state index in [0.717, 1.165) is 0 Å². The van der Waals surface area contributed by atoms with Gasteiger partial charge in [-0.3, -0.25) is 14.6 Å². The van der Waals surface area contributed by atoms with E-state index in [9.17, 15) is 14.7 Å². The van der Waals surface area contributed by atoms with Gasteiger partial charge in [0, 0.05) is 6.07 Å². The van der Waals surface area contributed by atoms with Crippen molar-refractivity contribution in [2.24, 2.45) is 0 Å². The molecule has 5 heteroatoms. The number of pyridine rings is 1. The third-order valence-electron chi connectivity index (χ3n) is 1.67. The van der Waals surface area contributed by atoms with Crippen LogP contribution in [0.3, 0.4) is 0 Å². The molecule has 1 amide bonds. The molecule has 0 atom stereocenters. The molecule has 0 aliphatic rings. The molecular weight excluding hydrogens is 184 g/mol. The number of carbonyl (C=O) groups excluding carboxylic acids is 1. The molecule has 14 heavy (non-hydrogen) atoms. The molecule has 0 spiro atoms. The highest BCUT2D eigenvalue weighted by Crippen LogP contribution is 2.22. The number of H-pyrrole nitrogens is 1. The van der Waals surface area contributed by atoms with Crippen LogP contribution in [-0.4, -0.2) is 16.5 Å². The zero-order valence-electron chi connectivity index (χ0n) is 7.41. The SMILES string of the molecule is C=CCc1cc(=O)[nH]c(O)c1NC=O. The first-order valence-corrected chi connectivity index (χ1v) is 3.95. The first-order chi connectivity index (χ1) is 6.69. The van der Waals surface area contributed by atoms with E-state index in [2.05, 4.69) is 16.9 Å². The smallest absolute Gasteiger partial charge is 0.251 e. The van der Waals surface area contributed by atoms with Gasteiger partial charge >= 0.3 is 0 Å². The van der Waals surface area contributed by atoms with Crippen molar-refractivity contribution in [1.29, 1.82) is 0 Å². The summed E-state index contributed by atoms with van der Waals surface area (Å²) in [6, 6.07) is 1.30. The summed E-state index contributed by atoms with van der Waals surface area (Å²) in [6.07, 6.45) is 2.40. The Balaban J connectivity index is 3.27. The van der Waals surface area contributed by atoms with Crippen LogP contribution in [0.2, 0.25) is 0 Å². The topological polar surface area (TPSA) is 82.2 Å². The highest BCUT2D eigenvalue weighted by molar-refractivity contribution is 5.76. The zero-order chi connectivity index (χ0) is 10.6. The Morgan fingerprint density at radius 2 is 2.36 bits per heavy atom. The van der Waals surface area contributed by atoms with Crippen LogP contribution in [0.1, 0.15) is 5.56 Å². The Hall–Kier alpha value is -2.04. The van der Waals surface area contributed by atoms with Gasteiger partial charge < -0.3 is 10.4 Å². The van der Waals surface area contributed by atoms with E-state index >= 15 is 0 Å². The molecular formula is C9H10N2O3. The van der Waals surface area contributed by atoms with E-state index in [1.54, 1.807) is 6.08 Å². The fourth-order valence-electron chi connectivity index (χ4n) is 1.13. The molecule has 0 saturated carbocycles. The van der Waals surface area contributed by atoms with Crippen LogP contribution in [0.4, 0.5) is 5.69 Å². The summed E-state index contributed by atoms with van der Waals surface area (Å²) >= 11 is 0. The van der Waals surface area contributed by atoms with E-state index in [1.807, 2.05) is 0 Å². The summed E-state index contributed by atoms with van der Waals surface area (Å²) in [7, 11) is 0. The van der Waals surface area contributed by atoms with Crippen LogP contribution in [-0.2, 0) is 11.2 Å². The molecule has 0 unspecified atom stereocenters. The monoisotopic (exact) mass is 194 g/mol. The fraction of sp³-hybridized carbons (Fsp3) is 0.111. The molecule has 5 nitrogen and oxygen atoms in total. The predicted molar refractivity (Wildman–Crippen MR) is 52.3 cm³/mol. The fourth-order valence-corrected chi connectivity index (χ4v) is 1.13. The molecule has 3 N–H and O–H groups in total. The van der Waals surface area contributed by atoms with Crippen LogP contribution >= 0.6 is 0 Å². The Labute approximate surface area is 80.1 Å². The summed E-state index contributed by atoms with van der Waals surface area (Å²) in [5.74, 6) is -0.346. The maximum atomic E-state index is 11.0. The lowest BCUT2D eigenvalue weighted by Gasteiger charge is -2.06. The van der Waals surface area contributed by atoms with E-state index in [4.69, 9.17) is 0 Å². The van der Waals surface area contributed by atoms with Gasteiger partial charge in [-0.25, -0.2) is 0 Å².